The molecule has 25 heavy (non-hydrogen) atoms. The van der Waals surface area contributed by atoms with Crippen molar-refractivity contribution >= 4 is 34.5 Å². The fourth-order valence-electron chi connectivity index (χ4n) is 3.27. The van der Waals surface area contributed by atoms with Crippen LogP contribution >= 0.6 is 22.7 Å². The summed E-state index contributed by atoms with van der Waals surface area (Å²) in [6, 6.07) is 2.22. The Kier molecular flexibility index (Phi) is 4.58. The number of carbonyl (C=O) groups excluding carboxylic acids is 2. The van der Waals surface area contributed by atoms with Crippen LogP contribution in [0.15, 0.2) is 11.4 Å². The predicted molar refractivity (Wildman–Crippen MR) is 98.7 cm³/mol. The maximum Gasteiger partial charge on any atom is 0.239 e. The number of nitrogens with one attached hydrogen (secondary N) is 1. The van der Waals surface area contributed by atoms with Crippen molar-refractivity contribution in [2.24, 2.45) is 0 Å². The molecule has 6 nitrogen and oxygen atoms in total. The molecular formula is C17H20N4O2S2. The second-order valence-electron chi connectivity index (χ2n) is 6.44. The summed E-state index contributed by atoms with van der Waals surface area (Å²) >= 11 is 3.49. The smallest absolute Gasteiger partial charge is 0.239 e. The largest absolute Gasteiger partial charge is 0.353 e. The van der Waals surface area contributed by atoms with Crippen molar-refractivity contribution in [1.82, 2.24) is 20.1 Å². The van der Waals surface area contributed by atoms with E-state index in [1.807, 2.05) is 18.3 Å². The fraction of sp³-hybridized carbons (Fsp3) is 0.471. The molecule has 0 bridgehead atoms. The zero-order chi connectivity index (χ0) is 17.4. The number of hydrogen-bond acceptors (Lipinski definition) is 6. The highest BCUT2D eigenvalue weighted by Gasteiger charge is 2.26. The van der Waals surface area contributed by atoms with E-state index in [0.717, 1.165) is 30.2 Å². The number of aryl methyl sites for hydroxylation is 1. The molecule has 8 heteroatoms. The lowest BCUT2D eigenvalue weighted by Crippen LogP contribution is -2.52. The Balaban J connectivity index is 1.41. The maximum absolute atomic E-state index is 12.5. The number of piperazine rings is 1. The number of carbonyl (C=O) groups is 2. The predicted octanol–water partition coefficient (Wildman–Crippen LogP) is 1.50. The standard InChI is InChI=1S/C17H20N4O2S2/c1-11-19-13(10-24-11)15-6-12-7-20(4-2-14(12)25-15)9-17(23)21-5-3-18-16(22)8-21/h6,10H,2-5,7-9H2,1H3,(H,18,22). The first-order valence-corrected chi connectivity index (χ1v) is 10.1. The summed E-state index contributed by atoms with van der Waals surface area (Å²) in [7, 11) is 0. The lowest BCUT2D eigenvalue weighted by atomic mass is 10.1. The number of thiophene rings is 1. The SMILES string of the molecule is Cc1nc(-c2cc3c(s2)CCN(CC(=O)N2CCNC(=O)C2)C3)cs1. The van der Waals surface area contributed by atoms with E-state index in [1.165, 1.54) is 15.3 Å². The third-order valence-corrected chi connectivity index (χ3v) is 6.60. The van der Waals surface area contributed by atoms with Crippen LogP contribution in [-0.4, -0.2) is 59.3 Å². The number of rotatable bonds is 3. The molecule has 1 fully saturated rings. The maximum atomic E-state index is 12.5. The van der Waals surface area contributed by atoms with E-state index in [2.05, 4.69) is 26.6 Å². The van der Waals surface area contributed by atoms with E-state index in [-0.39, 0.29) is 18.4 Å². The molecular weight excluding hydrogens is 356 g/mol. The number of amides is 2. The van der Waals surface area contributed by atoms with Gasteiger partial charge in [-0.1, -0.05) is 0 Å². The Morgan fingerprint density at radius 3 is 3.00 bits per heavy atom. The third kappa shape index (κ3) is 3.61. The molecule has 1 N–H and O–H groups in total. The molecule has 2 aromatic rings. The Labute approximate surface area is 154 Å². The highest BCUT2D eigenvalue weighted by atomic mass is 32.1. The molecule has 0 unspecified atom stereocenters. The van der Waals surface area contributed by atoms with Gasteiger partial charge in [-0.05, 0) is 25.0 Å². The van der Waals surface area contributed by atoms with E-state index in [9.17, 15) is 9.59 Å². The molecule has 0 atom stereocenters. The Bertz CT molecular complexity index is 813. The number of nitrogens with zero attached hydrogens (tertiary/aromatic N) is 3. The molecule has 0 aliphatic carbocycles. The van der Waals surface area contributed by atoms with Crippen LogP contribution in [0.3, 0.4) is 0 Å². The second kappa shape index (κ2) is 6.86. The molecule has 132 valence electrons. The lowest BCUT2D eigenvalue weighted by molar-refractivity contribution is -0.139. The van der Waals surface area contributed by atoms with Crippen molar-refractivity contribution in [2.75, 3.05) is 32.7 Å². The van der Waals surface area contributed by atoms with Gasteiger partial charge in [-0.3, -0.25) is 14.5 Å². The minimum atomic E-state index is -0.0680. The molecule has 2 aliphatic heterocycles. The number of fused-ring (bicyclic) bond motifs is 1. The molecule has 2 amide bonds. The minimum absolute atomic E-state index is 0.0453. The van der Waals surface area contributed by atoms with Gasteiger partial charge in [0.25, 0.3) is 0 Å². The Morgan fingerprint density at radius 1 is 1.36 bits per heavy atom. The second-order valence-corrected chi connectivity index (χ2v) is 8.64. The summed E-state index contributed by atoms with van der Waals surface area (Å²) < 4.78 is 0. The lowest BCUT2D eigenvalue weighted by Gasteiger charge is -2.31. The van der Waals surface area contributed by atoms with Gasteiger partial charge in [-0.25, -0.2) is 4.98 Å². The van der Waals surface area contributed by atoms with Crippen molar-refractivity contribution in [2.45, 2.75) is 19.9 Å². The average molecular weight is 377 g/mol. The van der Waals surface area contributed by atoms with Gasteiger partial charge in [0.15, 0.2) is 0 Å². The van der Waals surface area contributed by atoms with Crippen molar-refractivity contribution in [3.63, 3.8) is 0 Å². The molecule has 2 aliphatic rings. The van der Waals surface area contributed by atoms with Crippen LogP contribution in [0.4, 0.5) is 0 Å². The first kappa shape index (κ1) is 16.7. The van der Waals surface area contributed by atoms with E-state index in [1.54, 1.807) is 16.2 Å². The van der Waals surface area contributed by atoms with Gasteiger partial charge < -0.3 is 10.2 Å². The number of hydrogen-bond donors (Lipinski definition) is 1. The first-order chi connectivity index (χ1) is 12.1. The minimum Gasteiger partial charge on any atom is -0.353 e. The quantitative estimate of drug-likeness (QED) is 0.882. The highest BCUT2D eigenvalue weighted by Crippen LogP contribution is 2.35. The van der Waals surface area contributed by atoms with Crippen LogP contribution in [-0.2, 0) is 22.6 Å². The summed E-state index contributed by atoms with van der Waals surface area (Å²) in [5.41, 5.74) is 2.37. The molecule has 2 aromatic heterocycles. The van der Waals surface area contributed by atoms with E-state index < -0.39 is 0 Å². The van der Waals surface area contributed by atoms with Crippen LogP contribution in [0.25, 0.3) is 10.6 Å². The zero-order valence-electron chi connectivity index (χ0n) is 14.1. The molecule has 1 saturated heterocycles. The Morgan fingerprint density at radius 2 is 2.24 bits per heavy atom. The first-order valence-electron chi connectivity index (χ1n) is 8.39. The number of aromatic nitrogens is 1. The van der Waals surface area contributed by atoms with Crippen LogP contribution in [0, 0.1) is 6.92 Å². The van der Waals surface area contributed by atoms with Crippen molar-refractivity contribution in [3.8, 4) is 10.6 Å². The molecule has 4 heterocycles. The average Bonchev–Trinajstić information content (AvgIpc) is 3.20. The van der Waals surface area contributed by atoms with Gasteiger partial charge in [-0.2, -0.15) is 0 Å². The van der Waals surface area contributed by atoms with Crippen molar-refractivity contribution < 1.29 is 9.59 Å². The number of thiazole rings is 1. The summed E-state index contributed by atoms with van der Waals surface area (Å²) in [6.45, 7) is 5.42. The fourth-order valence-corrected chi connectivity index (χ4v) is 5.08. The van der Waals surface area contributed by atoms with Gasteiger partial charge in [-0.15, -0.1) is 22.7 Å². The van der Waals surface area contributed by atoms with Crippen LogP contribution in [0.1, 0.15) is 15.4 Å². The van der Waals surface area contributed by atoms with Crippen LogP contribution in [0.5, 0.6) is 0 Å². The van der Waals surface area contributed by atoms with Gasteiger partial charge in [0.05, 0.1) is 28.7 Å². The molecule has 0 spiro atoms. The van der Waals surface area contributed by atoms with Gasteiger partial charge >= 0.3 is 0 Å². The molecule has 0 radical (unpaired) electrons. The summed E-state index contributed by atoms with van der Waals surface area (Å²) in [5, 5.41) is 5.94. The van der Waals surface area contributed by atoms with Crippen LogP contribution < -0.4 is 5.32 Å². The van der Waals surface area contributed by atoms with Crippen molar-refractivity contribution in [3.05, 3.63) is 26.9 Å². The topological polar surface area (TPSA) is 65.5 Å². The zero-order valence-corrected chi connectivity index (χ0v) is 15.7. The molecule has 4 rings (SSSR count). The van der Waals surface area contributed by atoms with Crippen LogP contribution in [0.2, 0.25) is 0 Å². The van der Waals surface area contributed by atoms with E-state index >= 15 is 0 Å². The summed E-state index contributed by atoms with van der Waals surface area (Å²) in [5.74, 6) is -0.0227. The van der Waals surface area contributed by atoms with Gasteiger partial charge in [0, 0.05) is 36.4 Å². The van der Waals surface area contributed by atoms with E-state index in [4.69, 9.17) is 0 Å². The van der Waals surface area contributed by atoms with E-state index in [0.29, 0.717) is 19.6 Å². The highest BCUT2D eigenvalue weighted by molar-refractivity contribution is 7.16. The third-order valence-electron chi connectivity index (χ3n) is 4.57. The van der Waals surface area contributed by atoms with Gasteiger partial charge in [0.1, 0.15) is 0 Å². The normalized spacial score (nSPS) is 18.1. The van der Waals surface area contributed by atoms with Crippen molar-refractivity contribution in [1.29, 1.82) is 0 Å². The van der Waals surface area contributed by atoms with Gasteiger partial charge in [0.2, 0.25) is 11.8 Å². The molecule has 0 aromatic carbocycles. The Hall–Kier alpha value is -1.77. The summed E-state index contributed by atoms with van der Waals surface area (Å²) in [6.07, 6.45) is 0.969. The molecule has 0 saturated carbocycles. The monoisotopic (exact) mass is 376 g/mol. The summed E-state index contributed by atoms with van der Waals surface area (Å²) in [4.78, 5) is 34.9.